The molecule has 4 rings (SSSR count). The molecule has 4 heteroatoms. The summed E-state index contributed by atoms with van der Waals surface area (Å²) < 4.78 is 6.68. The molecule has 0 amide bonds. The predicted molar refractivity (Wildman–Crippen MR) is 195 cm³/mol. The van der Waals surface area contributed by atoms with Crippen LogP contribution in [0.5, 0.6) is 0 Å². The third-order valence-electron chi connectivity index (χ3n) is 8.67. The average molecular weight is 790 g/mol. The van der Waals surface area contributed by atoms with Crippen LogP contribution >= 0.6 is 22.7 Å². The van der Waals surface area contributed by atoms with Gasteiger partial charge in [0, 0.05) is 0 Å². The second-order valence-electron chi connectivity index (χ2n) is 14.4. The van der Waals surface area contributed by atoms with Gasteiger partial charge in [-0.3, -0.25) is 0 Å². The van der Waals surface area contributed by atoms with Crippen molar-refractivity contribution in [3.63, 3.8) is 0 Å². The van der Waals surface area contributed by atoms with Gasteiger partial charge >= 0.3 is 238 Å². The van der Waals surface area contributed by atoms with E-state index in [1.54, 1.807) is 47.9 Å². The van der Waals surface area contributed by atoms with Gasteiger partial charge in [0.05, 0.1) is 0 Å². The number of unbranched alkanes of at least 4 members (excludes halogenated alkanes) is 10. The van der Waals surface area contributed by atoms with Gasteiger partial charge in [-0.15, -0.1) is 0 Å². The normalized spacial score (nSPS) is 12.9. The second-order valence-corrected chi connectivity index (χ2v) is 47.3. The van der Waals surface area contributed by atoms with Crippen LogP contribution in [0.15, 0.2) is 24.3 Å². The SMILES string of the molecule is CCCCCCCCc1cc2c(cc1CCCCCCCC)c1c[c]([Sn]([CH3])([CH3])[CH3])sc1c1s[c]([Sn]([CH3])([CH3])[CH3])cc21. The van der Waals surface area contributed by atoms with Gasteiger partial charge in [-0.2, -0.15) is 0 Å². The fraction of sp³-hybridized carbons (Fsp3) is 0.611. The predicted octanol–water partition coefficient (Wildman–Crippen LogP) is 12.2. The molecule has 0 saturated heterocycles. The molecule has 0 unspecified atom stereocenters. The van der Waals surface area contributed by atoms with Gasteiger partial charge in [0.15, 0.2) is 0 Å². The first-order valence-electron chi connectivity index (χ1n) is 16.5. The summed E-state index contributed by atoms with van der Waals surface area (Å²) in [6.45, 7) is 4.64. The fourth-order valence-electron chi connectivity index (χ4n) is 6.05. The molecule has 0 bridgehead atoms. The maximum absolute atomic E-state index is 2.68. The number of hydrogen-bond donors (Lipinski definition) is 0. The van der Waals surface area contributed by atoms with E-state index in [-0.39, 0.29) is 0 Å². The first-order chi connectivity index (χ1) is 19.0. The molecule has 0 aliphatic carbocycles. The molecule has 40 heavy (non-hydrogen) atoms. The third kappa shape index (κ3) is 8.23. The molecule has 0 nitrogen and oxygen atoms in total. The van der Waals surface area contributed by atoms with Crippen molar-refractivity contribution in [1.29, 1.82) is 0 Å². The van der Waals surface area contributed by atoms with E-state index in [1.165, 1.54) is 89.9 Å². The molecule has 0 atom stereocenters. The Morgan fingerprint density at radius 3 is 1.15 bits per heavy atom. The van der Waals surface area contributed by atoms with Gasteiger partial charge in [0.2, 0.25) is 0 Å². The molecule has 2 aromatic carbocycles. The fourth-order valence-corrected chi connectivity index (χ4v) is 19.0. The van der Waals surface area contributed by atoms with Crippen molar-refractivity contribution in [2.45, 2.75) is 133 Å². The first kappa shape index (κ1) is 33.1. The van der Waals surface area contributed by atoms with E-state index in [1.807, 2.05) is 0 Å². The summed E-state index contributed by atoms with van der Waals surface area (Å²) >= 11 is -0.0328. The van der Waals surface area contributed by atoms with Crippen LogP contribution in [-0.4, -0.2) is 36.8 Å². The Kier molecular flexibility index (Phi) is 12.3. The zero-order valence-corrected chi connectivity index (χ0v) is 34.4. The van der Waals surface area contributed by atoms with Crippen molar-refractivity contribution in [1.82, 2.24) is 0 Å². The number of fused-ring (bicyclic) bond motifs is 6. The Labute approximate surface area is 262 Å². The van der Waals surface area contributed by atoms with Crippen molar-refractivity contribution in [2.75, 3.05) is 0 Å². The molecule has 0 N–H and O–H groups in total. The number of benzene rings is 2. The number of aryl methyl sites for hydroxylation is 2. The van der Waals surface area contributed by atoms with Crippen LogP contribution in [0.3, 0.4) is 0 Å². The maximum atomic E-state index is 2.68. The molecule has 0 radical (unpaired) electrons. The molecular formula is C36H56S2Sn2. The molecule has 2 aromatic heterocycles. The standard InChI is InChI=1S/C30H38S2.6CH3.2Sn/c1-3-5-7-9-11-13-15-23-21-27-25-17-19-31-29(25)30-26(18-20-32-30)28(27)22-24(23)16-14-12-10-8-6-4-2;;;;;;;;/h17-18,21-22H,3-16H2,1-2H3;6*1H3;;. The second kappa shape index (κ2) is 14.8. The van der Waals surface area contributed by atoms with Gasteiger partial charge in [0.1, 0.15) is 0 Å². The Morgan fingerprint density at radius 2 is 0.800 bits per heavy atom. The first-order valence-corrected chi connectivity index (χ1v) is 38.1. The number of thiophene rings is 2. The molecule has 0 spiro atoms. The summed E-state index contributed by atoms with van der Waals surface area (Å²) in [6.07, 6.45) is 19.1. The molecule has 0 fully saturated rings. The molecule has 0 aliphatic heterocycles. The van der Waals surface area contributed by atoms with Crippen molar-refractivity contribution in [3.8, 4) is 0 Å². The van der Waals surface area contributed by atoms with Crippen molar-refractivity contribution in [3.05, 3.63) is 35.4 Å². The van der Waals surface area contributed by atoms with Crippen LogP contribution in [0.4, 0.5) is 0 Å². The van der Waals surface area contributed by atoms with E-state index < -0.39 is 36.8 Å². The van der Waals surface area contributed by atoms with Crippen molar-refractivity contribution < 1.29 is 0 Å². The van der Waals surface area contributed by atoms with Crippen LogP contribution in [0.2, 0.25) is 29.6 Å². The Hall–Kier alpha value is 0.217. The van der Waals surface area contributed by atoms with E-state index in [0.717, 1.165) is 0 Å². The minimum atomic E-state index is -2.18. The minimum absolute atomic E-state index is 1.26. The van der Waals surface area contributed by atoms with Crippen molar-refractivity contribution >= 4 is 96.2 Å². The summed E-state index contributed by atoms with van der Waals surface area (Å²) in [5.74, 6) is 0. The van der Waals surface area contributed by atoms with Gasteiger partial charge in [-0.05, 0) is 0 Å². The number of rotatable bonds is 16. The zero-order valence-electron chi connectivity index (χ0n) is 27.0. The average Bonchev–Trinajstić information content (AvgIpc) is 3.54. The molecule has 4 aromatic rings. The Bertz CT molecular complexity index is 1290. The molecule has 0 aliphatic rings. The van der Waals surface area contributed by atoms with Crippen LogP contribution in [0, 0.1) is 0 Å². The Balaban J connectivity index is 1.80. The van der Waals surface area contributed by atoms with Gasteiger partial charge in [-0.25, -0.2) is 0 Å². The van der Waals surface area contributed by atoms with Crippen LogP contribution in [0.1, 0.15) is 102 Å². The monoisotopic (exact) mass is 792 g/mol. The van der Waals surface area contributed by atoms with E-state index >= 15 is 0 Å². The molecule has 0 saturated carbocycles. The van der Waals surface area contributed by atoms with Gasteiger partial charge in [0.25, 0.3) is 0 Å². The van der Waals surface area contributed by atoms with E-state index in [4.69, 9.17) is 0 Å². The molecule has 220 valence electrons. The third-order valence-corrected chi connectivity index (χ3v) is 30.0. The van der Waals surface area contributed by atoms with Gasteiger partial charge < -0.3 is 0 Å². The van der Waals surface area contributed by atoms with Crippen LogP contribution in [-0.2, 0) is 12.8 Å². The van der Waals surface area contributed by atoms with Crippen LogP contribution < -0.4 is 5.79 Å². The van der Waals surface area contributed by atoms with E-state index in [2.05, 4.69) is 90.4 Å². The topological polar surface area (TPSA) is 0 Å². The molecule has 2 heterocycles. The van der Waals surface area contributed by atoms with Crippen molar-refractivity contribution in [2.24, 2.45) is 0 Å². The molecular weight excluding hydrogens is 734 g/mol. The summed E-state index contributed by atoms with van der Waals surface area (Å²) in [7, 11) is 0. The van der Waals surface area contributed by atoms with E-state index in [0.29, 0.717) is 0 Å². The quantitative estimate of drug-likeness (QED) is 0.0783. The summed E-state index contributed by atoms with van der Waals surface area (Å²) in [5.41, 5.74) is 3.32. The van der Waals surface area contributed by atoms with Crippen LogP contribution in [0.25, 0.3) is 30.9 Å². The zero-order chi connectivity index (χ0) is 28.9. The van der Waals surface area contributed by atoms with E-state index in [9.17, 15) is 0 Å². The summed E-state index contributed by atoms with van der Waals surface area (Å²) in [4.78, 5) is 15.5. The number of hydrogen-bond acceptors (Lipinski definition) is 2. The summed E-state index contributed by atoms with van der Waals surface area (Å²) in [5, 5.41) is 6.26. The van der Waals surface area contributed by atoms with Gasteiger partial charge in [-0.1, -0.05) is 26.7 Å². The Morgan fingerprint density at radius 1 is 0.450 bits per heavy atom. The summed E-state index contributed by atoms with van der Waals surface area (Å²) in [6, 6.07) is 10.7.